The molecule has 2 nitrogen and oxygen atoms in total. The van der Waals surface area contributed by atoms with Gasteiger partial charge in [0.05, 0.1) is 0 Å². The van der Waals surface area contributed by atoms with Crippen molar-refractivity contribution in [2.75, 3.05) is 6.54 Å². The minimum absolute atomic E-state index is 0.207. The molecule has 10 heavy (non-hydrogen) atoms. The first-order chi connectivity index (χ1) is 4.68. The summed E-state index contributed by atoms with van der Waals surface area (Å²) < 4.78 is 0. The van der Waals surface area contributed by atoms with Crippen molar-refractivity contribution >= 4 is 17.7 Å². The fourth-order valence-electron chi connectivity index (χ4n) is 1.06. The van der Waals surface area contributed by atoms with Gasteiger partial charge in [-0.1, -0.05) is 13.8 Å². The molecule has 0 aromatic carbocycles. The van der Waals surface area contributed by atoms with Gasteiger partial charge in [0.15, 0.2) is 0 Å². The average molecular weight is 159 g/mol. The van der Waals surface area contributed by atoms with Crippen LogP contribution in [-0.2, 0) is 4.79 Å². The van der Waals surface area contributed by atoms with Crippen LogP contribution in [-0.4, -0.2) is 23.0 Å². The van der Waals surface area contributed by atoms with Gasteiger partial charge in [-0.2, -0.15) is 11.8 Å². The highest BCUT2D eigenvalue weighted by Gasteiger charge is 2.22. The van der Waals surface area contributed by atoms with Gasteiger partial charge in [0.25, 0.3) is 0 Å². The van der Waals surface area contributed by atoms with Gasteiger partial charge in [-0.15, -0.1) is 0 Å². The molecule has 1 N–H and O–H groups in total. The zero-order chi connectivity index (χ0) is 7.56. The number of hydrogen-bond acceptors (Lipinski definition) is 2. The van der Waals surface area contributed by atoms with E-state index in [0.717, 1.165) is 6.54 Å². The minimum atomic E-state index is 0.207. The van der Waals surface area contributed by atoms with Crippen LogP contribution < -0.4 is 5.32 Å². The molecule has 0 aromatic rings. The van der Waals surface area contributed by atoms with Crippen molar-refractivity contribution in [2.45, 2.75) is 30.8 Å². The summed E-state index contributed by atoms with van der Waals surface area (Å²) in [5.74, 6) is 0.207. The van der Waals surface area contributed by atoms with E-state index in [4.69, 9.17) is 0 Å². The Kier molecular flexibility index (Phi) is 2.60. The van der Waals surface area contributed by atoms with Gasteiger partial charge in [-0.05, 0) is 5.25 Å². The molecule has 58 valence electrons. The largest absolute Gasteiger partial charge is 0.355 e. The van der Waals surface area contributed by atoms with E-state index in [-0.39, 0.29) is 5.91 Å². The predicted octanol–water partition coefficient (Wildman–Crippen LogP) is 1.02. The van der Waals surface area contributed by atoms with Crippen molar-refractivity contribution < 1.29 is 4.79 Å². The highest BCUT2D eigenvalue weighted by Crippen LogP contribution is 2.22. The van der Waals surface area contributed by atoms with Crippen LogP contribution in [0.15, 0.2) is 0 Å². The van der Waals surface area contributed by atoms with Gasteiger partial charge >= 0.3 is 0 Å². The van der Waals surface area contributed by atoms with E-state index in [1.54, 1.807) is 0 Å². The van der Waals surface area contributed by atoms with Crippen LogP contribution in [0, 0.1) is 0 Å². The second-order valence-corrected chi connectivity index (χ2v) is 4.70. The Morgan fingerprint density at radius 1 is 1.70 bits per heavy atom. The van der Waals surface area contributed by atoms with E-state index in [9.17, 15) is 4.79 Å². The zero-order valence-electron chi connectivity index (χ0n) is 6.39. The van der Waals surface area contributed by atoms with Crippen LogP contribution in [0.1, 0.15) is 20.3 Å². The second kappa shape index (κ2) is 3.28. The first-order valence-corrected chi connectivity index (χ1v) is 4.55. The number of thioether (sulfide) groups is 1. The van der Waals surface area contributed by atoms with E-state index in [1.807, 2.05) is 11.8 Å². The third-order valence-corrected chi connectivity index (χ3v) is 2.67. The molecule has 1 aliphatic heterocycles. The summed E-state index contributed by atoms with van der Waals surface area (Å²) in [6, 6.07) is 0. The van der Waals surface area contributed by atoms with Gasteiger partial charge in [0, 0.05) is 18.2 Å². The number of carbonyl (C=O) groups is 1. The van der Waals surface area contributed by atoms with Crippen LogP contribution in [0.25, 0.3) is 0 Å². The van der Waals surface area contributed by atoms with Crippen molar-refractivity contribution in [3.8, 4) is 0 Å². The van der Waals surface area contributed by atoms with Crippen molar-refractivity contribution in [1.82, 2.24) is 5.32 Å². The topological polar surface area (TPSA) is 29.1 Å². The second-order valence-electron chi connectivity index (χ2n) is 2.82. The van der Waals surface area contributed by atoms with Crippen LogP contribution in [0.5, 0.6) is 0 Å². The smallest absolute Gasteiger partial charge is 0.221 e. The molecule has 1 fully saturated rings. The Labute approximate surface area is 65.8 Å². The Balaban J connectivity index is 2.24. The molecule has 0 spiro atoms. The lowest BCUT2D eigenvalue weighted by molar-refractivity contribution is -0.119. The summed E-state index contributed by atoms with van der Waals surface area (Å²) >= 11 is 1.88. The summed E-state index contributed by atoms with van der Waals surface area (Å²) in [7, 11) is 0. The fourth-order valence-corrected chi connectivity index (χ4v) is 2.26. The third-order valence-electron chi connectivity index (χ3n) is 1.40. The summed E-state index contributed by atoms with van der Waals surface area (Å²) in [4.78, 5) is 10.7. The Bertz CT molecular complexity index is 136. The van der Waals surface area contributed by atoms with Crippen LogP contribution in [0.4, 0.5) is 0 Å². The maximum Gasteiger partial charge on any atom is 0.221 e. The number of rotatable bonds is 2. The zero-order valence-corrected chi connectivity index (χ0v) is 7.20. The summed E-state index contributed by atoms with van der Waals surface area (Å²) in [6.45, 7) is 5.18. The molecular formula is C7H13NOS. The quantitative estimate of drug-likeness (QED) is 0.651. The van der Waals surface area contributed by atoms with Gasteiger partial charge < -0.3 is 5.32 Å². The molecule has 1 rings (SSSR count). The lowest BCUT2D eigenvalue weighted by Gasteiger charge is -2.08. The third kappa shape index (κ3) is 2.21. The molecule has 0 radical (unpaired) electrons. The van der Waals surface area contributed by atoms with Gasteiger partial charge in [0.2, 0.25) is 5.91 Å². The normalized spacial score (nSPS) is 25.5. The average Bonchev–Trinajstić information content (AvgIpc) is 2.13. The van der Waals surface area contributed by atoms with E-state index in [1.165, 1.54) is 0 Å². The van der Waals surface area contributed by atoms with Crippen molar-refractivity contribution in [3.05, 3.63) is 0 Å². The monoisotopic (exact) mass is 159 g/mol. The van der Waals surface area contributed by atoms with E-state index < -0.39 is 0 Å². The molecule has 0 aliphatic carbocycles. The first kappa shape index (κ1) is 7.92. The lowest BCUT2D eigenvalue weighted by atomic mass is 10.4. The van der Waals surface area contributed by atoms with Crippen molar-refractivity contribution in [1.29, 1.82) is 0 Å². The SMILES string of the molecule is CC(C)SC1CNC(=O)C1. The molecule has 1 saturated heterocycles. The van der Waals surface area contributed by atoms with Crippen molar-refractivity contribution in [2.24, 2.45) is 0 Å². The number of amides is 1. The molecule has 0 aromatic heterocycles. The highest BCUT2D eigenvalue weighted by molar-refractivity contribution is 8.00. The Morgan fingerprint density at radius 2 is 2.40 bits per heavy atom. The summed E-state index contributed by atoms with van der Waals surface area (Å²) in [6.07, 6.45) is 0.711. The number of hydrogen-bond donors (Lipinski definition) is 1. The predicted molar refractivity (Wildman–Crippen MR) is 44.1 cm³/mol. The lowest BCUT2D eigenvalue weighted by Crippen LogP contribution is -2.14. The molecule has 1 atom stereocenters. The maximum absolute atomic E-state index is 10.7. The standard InChI is InChI=1S/C7H13NOS/c1-5(2)10-6-3-7(9)8-4-6/h5-6H,3-4H2,1-2H3,(H,8,9). The summed E-state index contributed by atoms with van der Waals surface area (Å²) in [5, 5.41) is 3.97. The molecule has 0 bridgehead atoms. The number of nitrogens with one attached hydrogen (secondary N) is 1. The molecule has 1 amide bonds. The maximum atomic E-state index is 10.7. The van der Waals surface area contributed by atoms with E-state index in [2.05, 4.69) is 19.2 Å². The molecule has 0 saturated carbocycles. The Hall–Kier alpha value is -0.180. The van der Waals surface area contributed by atoms with Crippen LogP contribution in [0.3, 0.4) is 0 Å². The molecule has 1 heterocycles. The highest BCUT2D eigenvalue weighted by atomic mass is 32.2. The van der Waals surface area contributed by atoms with E-state index in [0.29, 0.717) is 16.9 Å². The molecule has 1 aliphatic rings. The van der Waals surface area contributed by atoms with Gasteiger partial charge in [-0.3, -0.25) is 4.79 Å². The van der Waals surface area contributed by atoms with Crippen LogP contribution >= 0.6 is 11.8 Å². The minimum Gasteiger partial charge on any atom is -0.355 e. The van der Waals surface area contributed by atoms with Gasteiger partial charge in [0.1, 0.15) is 0 Å². The number of carbonyl (C=O) groups excluding carboxylic acids is 1. The molecular weight excluding hydrogens is 146 g/mol. The van der Waals surface area contributed by atoms with Gasteiger partial charge in [-0.25, -0.2) is 0 Å². The summed E-state index contributed by atoms with van der Waals surface area (Å²) in [5.41, 5.74) is 0. The fraction of sp³-hybridized carbons (Fsp3) is 0.857. The Morgan fingerprint density at radius 3 is 2.80 bits per heavy atom. The molecule has 3 heteroatoms. The molecule has 1 unspecified atom stereocenters. The van der Waals surface area contributed by atoms with Crippen LogP contribution in [0.2, 0.25) is 0 Å². The van der Waals surface area contributed by atoms with E-state index >= 15 is 0 Å². The first-order valence-electron chi connectivity index (χ1n) is 3.60. The van der Waals surface area contributed by atoms with Crippen molar-refractivity contribution in [3.63, 3.8) is 0 Å².